The van der Waals surface area contributed by atoms with E-state index >= 15 is 0 Å². The van der Waals surface area contributed by atoms with Crippen molar-refractivity contribution in [2.24, 2.45) is 0 Å². The predicted molar refractivity (Wildman–Crippen MR) is 204 cm³/mol. The molecular formula is C46H28N2O2. The molecule has 234 valence electrons. The van der Waals surface area contributed by atoms with Crippen LogP contribution in [0.3, 0.4) is 0 Å². The lowest BCUT2D eigenvalue weighted by molar-refractivity contribution is 0.663. The zero-order valence-electron chi connectivity index (χ0n) is 26.9. The van der Waals surface area contributed by atoms with Crippen LogP contribution in [-0.4, -0.2) is 9.97 Å². The van der Waals surface area contributed by atoms with Gasteiger partial charge >= 0.3 is 0 Å². The molecule has 0 amide bonds. The minimum Gasteiger partial charge on any atom is -0.455 e. The lowest BCUT2D eigenvalue weighted by Gasteiger charge is -2.10. The fourth-order valence-electron chi connectivity index (χ4n) is 7.04. The molecule has 0 saturated carbocycles. The van der Waals surface area contributed by atoms with Gasteiger partial charge < -0.3 is 8.83 Å². The van der Waals surface area contributed by atoms with Crippen LogP contribution in [0, 0.1) is 0 Å². The largest absolute Gasteiger partial charge is 0.455 e. The number of fused-ring (bicyclic) bond motifs is 7. The molecule has 3 aromatic heterocycles. The Kier molecular flexibility index (Phi) is 6.46. The fourth-order valence-corrected chi connectivity index (χ4v) is 7.04. The first-order chi connectivity index (χ1) is 24.8. The zero-order valence-corrected chi connectivity index (χ0v) is 26.9. The Hall–Kier alpha value is -6.78. The number of furan rings is 2. The molecule has 50 heavy (non-hydrogen) atoms. The summed E-state index contributed by atoms with van der Waals surface area (Å²) in [6.07, 6.45) is 0. The summed E-state index contributed by atoms with van der Waals surface area (Å²) in [6, 6.07) is 58.4. The molecule has 0 fully saturated rings. The quantitative estimate of drug-likeness (QED) is 0.188. The van der Waals surface area contributed by atoms with Gasteiger partial charge in [0.05, 0.1) is 16.8 Å². The van der Waals surface area contributed by atoms with Gasteiger partial charge in [-0.3, -0.25) is 0 Å². The molecule has 0 radical (unpaired) electrons. The monoisotopic (exact) mass is 640 g/mol. The highest BCUT2D eigenvalue weighted by Gasteiger charge is 2.23. The summed E-state index contributed by atoms with van der Waals surface area (Å²) in [5.74, 6) is 0.654. The van der Waals surface area contributed by atoms with Crippen molar-refractivity contribution in [1.82, 2.24) is 9.97 Å². The van der Waals surface area contributed by atoms with E-state index < -0.39 is 0 Å². The third-order valence-corrected chi connectivity index (χ3v) is 9.49. The summed E-state index contributed by atoms with van der Waals surface area (Å²) in [7, 11) is 0. The van der Waals surface area contributed by atoms with E-state index in [1.165, 1.54) is 0 Å². The first-order valence-electron chi connectivity index (χ1n) is 16.7. The maximum atomic E-state index is 6.80. The SMILES string of the molecule is c1ccc(-c2ccc3oc4c(cc(-c5cc(-c6ccccc6)nc(-c6ccccc6)n5)c5oc6ccc(-c7ccccc7)cc6c54)c3c2)cc1. The second kappa shape index (κ2) is 11.4. The van der Waals surface area contributed by atoms with Crippen LogP contribution < -0.4 is 0 Å². The summed E-state index contributed by atoms with van der Waals surface area (Å²) in [6.45, 7) is 0. The fraction of sp³-hybridized carbons (Fsp3) is 0. The van der Waals surface area contributed by atoms with Crippen molar-refractivity contribution in [2.75, 3.05) is 0 Å². The third-order valence-electron chi connectivity index (χ3n) is 9.49. The molecule has 0 aliphatic heterocycles. The molecule has 0 unspecified atom stereocenters. The van der Waals surface area contributed by atoms with Gasteiger partial charge in [-0.05, 0) is 58.7 Å². The number of nitrogens with zero attached hydrogens (tertiary/aromatic N) is 2. The number of aromatic nitrogens is 2. The van der Waals surface area contributed by atoms with Crippen molar-refractivity contribution < 1.29 is 8.83 Å². The van der Waals surface area contributed by atoms with E-state index in [9.17, 15) is 0 Å². The van der Waals surface area contributed by atoms with Gasteiger partial charge in [0, 0.05) is 32.8 Å². The van der Waals surface area contributed by atoms with Crippen LogP contribution in [0.25, 0.3) is 100 Å². The number of hydrogen-bond donors (Lipinski definition) is 0. The average molecular weight is 641 g/mol. The Morgan fingerprint density at radius 1 is 0.340 bits per heavy atom. The number of rotatable bonds is 5. The van der Waals surface area contributed by atoms with E-state index in [1.807, 2.05) is 60.7 Å². The van der Waals surface area contributed by atoms with Gasteiger partial charge in [0.15, 0.2) is 5.82 Å². The second-order valence-corrected chi connectivity index (χ2v) is 12.6. The topological polar surface area (TPSA) is 52.1 Å². The highest BCUT2D eigenvalue weighted by atomic mass is 16.3. The Bertz CT molecular complexity index is 2780. The molecule has 10 aromatic rings. The van der Waals surface area contributed by atoms with Crippen LogP contribution in [0.4, 0.5) is 0 Å². The van der Waals surface area contributed by atoms with Crippen LogP contribution >= 0.6 is 0 Å². The lowest BCUT2D eigenvalue weighted by atomic mass is 9.97. The Morgan fingerprint density at radius 2 is 0.840 bits per heavy atom. The minimum absolute atomic E-state index is 0.654. The highest BCUT2D eigenvalue weighted by Crippen LogP contribution is 2.45. The second-order valence-electron chi connectivity index (χ2n) is 12.6. The molecule has 3 heterocycles. The maximum Gasteiger partial charge on any atom is 0.160 e. The molecule has 0 aliphatic carbocycles. The van der Waals surface area contributed by atoms with Gasteiger partial charge in [-0.15, -0.1) is 0 Å². The van der Waals surface area contributed by atoms with Crippen molar-refractivity contribution in [1.29, 1.82) is 0 Å². The summed E-state index contributed by atoms with van der Waals surface area (Å²) >= 11 is 0. The summed E-state index contributed by atoms with van der Waals surface area (Å²) < 4.78 is 13.5. The number of hydrogen-bond acceptors (Lipinski definition) is 4. The molecule has 0 atom stereocenters. The van der Waals surface area contributed by atoms with Crippen LogP contribution in [0.15, 0.2) is 179 Å². The first-order valence-corrected chi connectivity index (χ1v) is 16.7. The van der Waals surface area contributed by atoms with Gasteiger partial charge in [-0.1, -0.05) is 133 Å². The zero-order chi connectivity index (χ0) is 33.0. The van der Waals surface area contributed by atoms with Crippen molar-refractivity contribution in [3.8, 4) is 56.2 Å². The Morgan fingerprint density at radius 3 is 1.46 bits per heavy atom. The summed E-state index contributed by atoms with van der Waals surface area (Å²) in [5, 5.41) is 3.98. The smallest absolute Gasteiger partial charge is 0.160 e. The normalized spacial score (nSPS) is 11.6. The van der Waals surface area contributed by atoms with Crippen LogP contribution in [0.5, 0.6) is 0 Å². The molecule has 7 aromatic carbocycles. The van der Waals surface area contributed by atoms with Gasteiger partial charge in [-0.2, -0.15) is 0 Å². The molecule has 0 bridgehead atoms. The van der Waals surface area contributed by atoms with Gasteiger partial charge in [0.2, 0.25) is 0 Å². The van der Waals surface area contributed by atoms with E-state index in [0.29, 0.717) is 5.82 Å². The van der Waals surface area contributed by atoms with Crippen molar-refractivity contribution in [3.63, 3.8) is 0 Å². The molecule has 4 nitrogen and oxygen atoms in total. The molecule has 10 rings (SSSR count). The standard InChI is InChI=1S/C46H28N2O2/c1-5-13-29(14-6-1)33-21-23-41-35(25-33)36-27-37(40-28-39(31-17-9-3-10-18-31)47-46(48-40)32-19-11-4-12-20-32)45-43(44(36)49-41)38-26-34(22-24-42(38)50-45)30-15-7-2-8-16-30/h1-28H. The summed E-state index contributed by atoms with van der Waals surface area (Å²) in [4.78, 5) is 10.3. The molecule has 0 saturated heterocycles. The molecule has 0 N–H and O–H groups in total. The Labute approximate surface area is 287 Å². The van der Waals surface area contributed by atoms with E-state index in [-0.39, 0.29) is 0 Å². The van der Waals surface area contributed by atoms with Crippen molar-refractivity contribution in [2.45, 2.75) is 0 Å². The van der Waals surface area contributed by atoms with E-state index in [4.69, 9.17) is 18.8 Å². The summed E-state index contributed by atoms with van der Waals surface area (Å²) in [5.41, 5.74) is 12.2. The third kappa shape index (κ3) is 4.69. The van der Waals surface area contributed by atoms with Gasteiger partial charge in [0.1, 0.15) is 22.3 Å². The van der Waals surface area contributed by atoms with Gasteiger partial charge in [-0.25, -0.2) is 9.97 Å². The highest BCUT2D eigenvalue weighted by molar-refractivity contribution is 6.25. The maximum absolute atomic E-state index is 6.80. The van der Waals surface area contributed by atoms with E-state index in [0.717, 1.165) is 94.2 Å². The molecule has 0 aliphatic rings. The van der Waals surface area contributed by atoms with Crippen LogP contribution in [0.2, 0.25) is 0 Å². The van der Waals surface area contributed by atoms with Crippen LogP contribution in [-0.2, 0) is 0 Å². The predicted octanol–water partition coefficient (Wildman–Crippen LogP) is 12.6. The molecule has 4 heteroatoms. The molecule has 0 spiro atoms. The first kappa shape index (κ1) is 28.3. The average Bonchev–Trinajstić information content (AvgIpc) is 3.76. The molecular weight excluding hydrogens is 613 g/mol. The van der Waals surface area contributed by atoms with E-state index in [2.05, 4.69) is 109 Å². The Balaban J connectivity index is 1.31. The van der Waals surface area contributed by atoms with Gasteiger partial charge in [0.25, 0.3) is 0 Å². The van der Waals surface area contributed by atoms with E-state index in [1.54, 1.807) is 0 Å². The van der Waals surface area contributed by atoms with Crippen molar-refractivity contribution in [3.05, 3.63) is 170 Å². The minimum atomic E-state index is 0.654. The van der Waals surface area contributed by atoms with Crippen molar-refractivity contribution >= 4 is 43.9 Å². The lowest BCUT2D eigenvalue weighted by Crippen LogP contribution is -1.96. The number of benzene rings is 7. The van der Waals surface area contributed by atoms with Crippen LogP contribution in [0.1, 0.15) is 0 Å².